The quantitative estimate of drug-likeness (QED) is 0.719. The Morgan fingerprint density at radius 1 is 1.32 bits per heavy atom. The van der Waals surface area contributed by atoms with Crippen LogP contribution < -0.4 is 0 Å². The third-order valence-corrected chi connectivity index (χ3v) is 4.82. The molecule has 2 rings (SSSR count). The van der Waals surface area contributed by atoms with Crippen molar-refractivity contribution < 1.29 is 0 Å². The highest BCUT2D eigenvalue weighted by Gasteiger charge is 2.30. The number of nitrogens with zero attached hydrogens (tertiary/aromatic N) is 3. The second-order valence-corrected chi connectivity index (χ2v) is 6.22. The molecule has 108 valence electrons. The van der Waals surface area contributed by atoms with E-state index in [0.29, 0.717) is 0 Å². The van der Waals surface area contributed by atoms with Crippen LogP contribution >= 0.6 is 15.9 Å². The van der Waals surface area contributed by atoms with E-state index < -0.39 is 0 Å². The van der Waals surface area contributed by atoms with Crippen LogP contribution in [0.25, 0.3) is 0 Å². The molecule has 4 heteroatoms. The molecule has 19 heavy (non-hydrogen) atoms. The summed E-state index contributed by atoms with van der Waals surface area (Å²) in [4.78, 5) is 2.65. The molecule has 3 nitrogen and oxygen atoms in total. The highest BCUT2D eigenvalue weighted by atomic mass is 79.9. The molecule has 1 fully saturated rings. The lowest BCUT2D eigenvalue weighted by molar-refractivity contribution is 0.242. The molecule has 0 unspecified atom stereocenters. The predicted molar refractivity (Wildman–Crippen MR) is 83.3 cm³/mol. The topological polar surface area (TPSA) is 21.1 Å². The van der Waals surface area contributed by atoms with Gasteiger partial charge in [-0.25, -0.2) is 0 Å². The normalized spacial score (nSPS) is 15.4. The van der Waals surface area contributed by atoms with Crippen molar-refractivity contribution in [3.8, 4) is 0 Å². The summed E-state index contributed by atoms with van der Waals surface area (Å²) in [6, 6.07) is 0.823. The van der Waals surface area contributed by atoms with E-state index in [1.165, 1.54) is 48.1 Å². The Labute approximate surface area is 125 Å². The smallest absolute Gasteiger partial charge is 0.0767 e. The SMILES string of the molecule is CCCCN(Cc1c(Br)c(CC)nn1CC)C1CC1. The summed E-state index contributed by atoms with van der Waals surface area (Å²) in [6.07, 6.45) is 6.33. The second kappa shape index (κ2) is 6.89. The van der Waals surface area contributed by atoms with Crippen LogP contribution in [0.2, 0.25) is 0 Å². The third kappa shape index (κ3) is 3.60. The van der Waals surface area contributed by atoms with Gasteiger partial charge in [-0.05, 0) is 55.1 Å². The van der Waals surface area contributed by atoms with Crippen molar-refractivity contribution >= 4 is 15.9 Å². The lowest BCUT2D eigenvalue weighted by Gasteiger charge is -2.22. The minimum atomic E-state index is 0.823. The number of rotatable bonds is 8. The van der Waals surface area contributed by atoms with Crippen LogP contribution in [0, 0.1) is 0 Å². The number of unbranched alkanes of at least 4 members (excludes halogenated alkanes) is 1. The number of hydrogen-bond acceptors (Lipinski definition) is 2. The first kappa shape index (κ1) is 15.0. The van der Waals surface area contributed by atoms with E-state index in [9.17, 15) is 0 Å². The molecule has 1 aromatic rings. The zero-order valence-corrected chi connectivity index (χ0v) is 14.0. The van der Waals surface area contributed by atoms with Gasteiger partial charge in [0.2, 0.25) is 0 Å². The standard InChI is InChI=1S/C15H26BrN3/c1-4-7-10-18(12-8-9-12)11-14-15(16)13(5-2)17-19(14)6-3/h12H,4-11H2,1-3H3. The molecule has 0 saturated heterocycles. The Bertz CT molecular complexity index is 410. The van der Waals surface area contributed by atoms with Gasteiger partial charge in [-0.1, -0.05) is 20.3 Å². The summed E-state index contributed by atoms with van der Waals surface area (Å²) in [6.45, 7) is 9.85. The molecule has 0 aromatic carbocycles. The van der Waals surface area contributed by atoms with Crippen LogP contribution in [-0.2, 0) is 19.5 Å². The summed E-state index contributed by atoms with van der Waals surface area (Å²) >= 11 is 3.76. The van der Waals surface area contributed by atoms with Crippen LogP contribution in [0.4, 0.5) is 0 Å². The van der Waals surface area contributed by atoms with Crippen LogP contribution in [0.1, 0.15) is 57.8 Å². The zero-order chi connectivity index (χ0) is 13.8. The fourth-order valence-corrected chi connectivity index (χ4v) is 3.24. The summed E-state index contributed by atoms with van der Waals surface area (Å²) < 4.78 is 3.41. The zero-order valence-electron chi connectivity index (χ0n) is 12.5. The van der Waals surface area contributed by atoms with Gasteiger partial charge in [0.25, 0.3) is 0 Å². The second-order valence-electron chi connectivity index (χ2n) is 5.43. The van der Waals surface area contributed by atoms with Crippen molar-refractivity contribution in [2.75, 3.05) is 6.54 Å². The molecule has 0 atom stereocenters. The molecule has 1 aromatic heterocycles. The maximum absolute atomic E-state index is 4.70. The number of aromatic nitrogens is 2. The van der Waals surface area contributed by atoms with E-state index in [1.807, 2.05) is 0 Å². The van der Waals surface area contributed by atoms with Gasteiger partial charge in [-0.2, -0.15) is 5.10 Å². The fraction of sp³-hybridized carbons (Fsp3) is 0.800. The van der Waals surface area contributed by atoms with Gasteiger partial charge in [0.05, 0.1) is 15.9 Å². The Kier molecular flexibility index (Phi) is 5.46. The van der Waals surface area contributed by atoms with E-state index in [2.05, 4.69) is 46.3 Å². The molecular weight excluding hydrogens is 302 g/mol. The van der Waals surface area contributed by atoms with Gasteiger partial charge in [-0.15, -0.1) is 0 Å². The van der Waals surface area contributed by atoms with E-state index >= 15 is 0 Å². The molecule has 0 bridgehead atoms. The van der Waals surface area contributed by atoms with Crippen molar-refractivity contribution in [2.24, 2.45) is 0 Å². The van der Waals surface area contributed by atoms with Crippen molar-refractivity contribution in [1.29, 1.82) is 0 Å². The van der Waals surface area contributed by atoms with Crippen molar-refractivity contribution in [3.63, 3.8) is 0 Å². The van der Waals surface area contributed by atoms with Crippen molar-refractivity contribution in [2.45, 2.75) is 72.0 Å². The summed E-state index contributed by atoms with van der Waals surface area (Å²) in [5.41, 5.74) is 2.56. The van der Waals surface area contributed by atoms with Gasteiger partial charge < -0.3 is 0 Å². The number of hydrogen-bond donors (Lipinski definition) is 0. The van der Waals surface area contributed by atoms with Gasteiger partial charge >= 0.3 is 0 Å². The highest BCUT2D eigenvalue weighted by Crippen LogP contribution is 2.31. The van der Waals surface area contributed by atoms with Crippen molar-refractivity contribution in [1.82, 2.24) is 14.7 Å². The average molecular weight is 328 g/mol. The molecule has 0 amide bonds. The van der Waals surface area contributed by atoms with Crippen LogP contribution in [-0.4, -0.2) is 27.3 Å². The molecule has 1 aliphatic rings. The molecule has 1 aliphatic carbocycles. The van der Waals surface area contributed by atoms with E-state index in [4.69, 9.17) is 5.10 Å². The van der Waals surface area contributed by atoms with E-state index in [1.54, 1.807) is 0 Å². The van der Waals surface area contributed by atoms with Gasteiger partial charge in [0, 0.05) is 19.1 Å². The number of aryl methyl sites for hydroxylation is 2. The summed E-state index contributed by atoms with van der Waals surface area (Å²) in [5.74, 6) is 0. The molecule has 0 radical (unpaired) electrons. The lowest BCUT2D eigenvalue weighted by atomic mass is 10.2. The van der Waals surface area contributed by atoms with Crippen LogP contribution in [0.15, 0.2) is 4.47 Å². The van der Waals surface area contributed by atoms with Crippen LogP contribution in [0.5, 0.6) is 0 Å². The molecule has 0 N–H and O–H groups in total. The summed E-state index contributed by atoms with van der Waals surface area (Å²) in [5, 5.41) is 4.70. The molecular formula is C15H26BrN3. The molecule has 1 heterocycles. The van der Waals surface area contributed by atoms with Crippen LogP contribution in [0.3, 0.4) is 0 Å². The largest absolute Gasteiger partial charge is 0.295 e. The van der Waals surface area contributed by atoms with Gasteiger partial charge in [0.15, 0.2) is 0 Å². The predicted octanol–water partition coefficient (Wildman–Crippen LogP) is 3.99. The maximum Gasteiger partial charge on any atom is 0.0767 e. The van der Waals surface area contributed by atoms with E-state index in [0.717, 1.165) is 25.6 Å². The minimum Gasteiger partial charge on any atom is -0.295 e. The molecule has 0 aliphatic heterocycles. The van der Waals surface area contributed by atoms with Crippen molar-refractivity contribution in [3.05, 3.63) is 15.9 Å². The first-order valence-corrected chi connectivity index (χ1v) is 8.48. The molecule has 1 saturated carbocycles. The van der Waals surface area contributed by atoms with E-state index in [-0.39, 0.29) is 0 Å². The number of halogens is 1. The minimum absolute atomic E-state index is 0.823. The highest BCUT2D eigenvalue weighted by molar-refractivity contribution is 9.10. The van der Waals surface area contributed by atoms with Gasteiger partial charge in [-0.3, -0.25) is 9.58 Å². The monoisotopic (exact) mass is 327 g/mol. The Morgan fingerprint density at radius 2 is 2.05 bits per heavy atom. The molecule has 0 spiro atoms. The fourth-order valence-electron chi connectivity index (χ4n) is 2.55. The first-order valence-electron chi connectivity index (χ1n) is 7.69. The Hall–Kier alpha value is -0.350. The summed E-state index contributed by atoms with van der Waals surface area (Å²) in [7, 11) is 0. The first-order chi connectivity index (χ1) is 9.21. The Balaban J connectivity index is 2.13. The lowest BCUT2D eigenvalue weighted by Crippen LogP contribution is -2.28. The van der Waals surface area contributed by atoms with Gasteiger partial charge in [0.1, 0.15) is 0 Å². The maximum atomic E-state index is 4.70. The Morgan fingerprint density at radius 3 is 2.58 bits per heavy atom. The third-order valence-electron chi connectivity index (χ3n) is 3.91. The average Bonchev–Trinajstić information content (AvgIpc) is 3.21.